The maximum Gasteiger partial charge on any atom is 0.345 e. The van der Waals surface area contributed by atoms with Crippen LogP contribution in [0.25, 0.3) is 6.08 Å². The van der Waals surface area contributed by atoms with E-state index in [9.17, 15) is 19.2 Å². The molecule has 8 nitrogen and oxygen atoms in total. The molecule has 0 aliphatic carbocycles. The lowest BCUT2D eigenvalue weighted by molar-refractivity contribution is -0.146. The van der Waals surface area contributed by atoms with Gasteiger partial charge in [-0.05, 0) is 74.7 Å². The van der Waals surface area contributed by atoms with Crippen molar-refractivity contribution in [3.8, 4) is 0 Å². The highest BCUT2D eigenvalue weighted by atomic mass is 32.2. The number of ketones is 1. The van der Waals surface area contributed by atoms with E-state index in [-0.39, 0.29) is 30.3 Å². The molecule has 2 aromatic carbocycles. The molecule has 0 unspecified atom stereocenters. The van der Waals surface area contributed by atoms with Crippen LogP contribution in [-0.4, -0.2) is 42.6 Å². The van der Waals surface area contributed by atoms with Gasteiger partial charge >= 0.3 is 17.9 Å². The number of Topliss-reactive ketones (excluding diaryl/α,β-unsaturated/α-hetero) is 1. The molecule has 0 saturated carbocycles. The minimum absolute atomic E-state index is 0.147. The van der Waals surface area contributed by atoms with E-state index in [1.807, 2.05) is 31.2 Å². The van der Waals surface area contributed by atoms with Gasteiger partial charge in [-0.2, -0.15) is 0 Å². The molecule has 0 heterocycles. The second-order valence-corrected chi connectivity index (χ2v) is 8.89. The minimum Gasteiger partial charge on any atom is -0.462 e. The van der Waals surface area contributed by atoms with Crippen LogP contribution in [0.15, 0.2) is 69.1 Å². The second kappa shape index (κ2) is 15.4. The fraction of sp³-hybridized carbons (Fsp3) is 0.321. The molecule has 0 amide bonds. The molecule has 37 heavy (non-hydrogen) atoms. The van der Waals surface area contributed by atoms with E-state index in [4.69, 9.17) is 14.3 Å². The molecule has 0 N–H and O–H groups in total. The van der Waals surface area contributed by atoms with E-state index in [0.717, 1.165) is 22.6 Å². The average Bonchev–Trinajstić information content (AvgIpc) is 2.88. The molecule has 9 heteroatoms. The van der Waals surface area contributed by atoms with Crippen molar-refractivity contribution in [1.82, 2.24) is 0 Å². The summed E-state index contributed by atoms with van der Waals surface area (Å²) in [6, 6.07) is 14.4. The molecule has 0 fully saturated rings. The van der Waals surface area contributed by atoms with Crippen molar-refractivity contribution in [2.24, 2.45) is 5.16 Å². The Labute approximate surface area is 221 Å². The summed E-state index contributed by atoms with van der Waals surface area (Å²) >= 11 is 1.49. The molecule has 0 radical (unpaired) electrons. The average molecular weight is 526 g/mol. The molecule has 0 aromatic heterocycles. The lowest BCUT2D eigenvalue weighted by Gasteiger charge is -2.08. The number of oxime groups is 1. The first-order valence-corrected chi connectivity index (χ1v) is 12.8. The van der Waals surface area contributed by atoms with Crippen molar-refractivity contribution < 1.29 is 33.5 Å². The highest BCUT2D eigenvalue weighted by Gasteiger charge is 2.21. The molecule has 0 spiro atoms. The smallest absolute Gasteiger partial charge is 0.345 e. The summed E-state index contributed by atoms with van der Waals surface area (Å²) in [4.78, 5) is 54.8. The van der Waals surface area contributed by atoms with E-state index >= 15 is 0 Å². The molecule has 0 bridgehead atoms. The molecular formula is C28H31NO7S. The number of unbranched alkanes of at least 4 members (excludes halogenated alkanes) is 1. The zero-order valence-corrected chi connectivity index (χ0v) is 22.3. The summed E-state index contributed by atoms with van der Waals surface area (Å²) in [6.45, 7) is 6.86. The summed E-state index contributed by atoms with van der Waals surface area (Å²) in [5.41, 5.74) is 1.15. The zero-order valence-electron chi connectivity index (χ0n) is 21.4. The monoisotopic (exact) mass is 525 g/mol. The quantitative estimate of drug-likeness (QED) is 0.0483. The molecule has 0 aliphatic heterocycles. The van der Waals surface area contributed by atoms with Crippen LogP contribution in [0.1, 0.15) is 62.9 Å². The Kier molecular flexibility index (Phi) is 12.3. The Morgan fingerprint density at radius 1 is 0.838 bits per heavy atom. The van der Waals surface area contributed by atoms with Gasteiger partial charge in [-0.3, -0.25) is 4.79 Å². The molecule has 196 valence electrons. The first-order chi connectivity index (χ1) is 17.8. The van der Waals surface area contributed by atoms with Gasteiger partial charge in [-0.25, -0.2) is 14.4 Å². The van der Waals surface area contributed by atoms with Crippen LogP contribution in [0.4, 0.5) is 0 Å². The van der Waals surface area contributed by atoms with E-state index < -0.39 is 17.9 Å². The van der Waals surface area contributed by atoms with E-state index in [1.165, 1.54) is 24.8 Å². The summed E-state index contributed by atoms with van der Waals surface area (Å²) < 4.78 is 9.93. The van der Waals surface area contributed by atoms with Crippen LogP contribution in [0, 0.1) is 0 Å². The van der Waals surface area contributed by atoms with Crippen LogP contribution in [0.2, 0.25) is 0 Å². The summed E-state index contributed by atoms with van der Waals surface area (Å²) in [5.74, 6) is -2.32. The number of ether oxygens (including phenoxy) is 2. The Balaban J connectivity index is 2.14. The number of esters is 2. The van der Waals surface area contributed by atoms with Crippen LogP contribution >= 0.6 is 11.8 Å². The van der Waals surface area contributed by atoms with Crippen molar-refractivity contribution in [3.63, 3.8) is 0 Å². The van der Waals surface area contributed by atoms with Gasteiger partial charge in [-0.1, -0.05) is 42.4 Å². The Morgan fingerprint density at radius 3 is 1.86 bits per heavy atom. The van der Waals surface area contributed by atoms with Crippen molar-refractivity contribution in [1.29, 1.82) is 0 Å². The third-order valence-corrected chi connectivity index (χ3v) is 5.86. The number of nitrogens with zero attached hydrogens (tertiary/aromatic N) is 1. The normalized spacial score (nSPS) is 10.9. The van der Waals surface area contributed by atoms with E-state index in [2.05, 4.69) is 5.16 Å². The van der Waals surface area contributed by atoms with Crippen molar-refractivity contribution in [2.75, 3.05) is 13.2 Å². The van der Waals surface area contributed by atoms with Gasteiger partial charge in [0.2, 0.25) is 5.78 Å². The molecule has 0 aliphatic rings. The number of benzene rings is 2. The van der Waals surface area contributed by atoms with Crippen LogP contribution in [0.3, 0.4) is 0 Å². The van der Waals surface area contributed by atoms with Crippen molar-refractivity contribution in [3.05, 3.63) is 65.2 Å². The van der Waals surface area contributed by atoms with Gasteiger partial charge in [0.05, 0.1) is 13.2 Å². The van der Waals surface area contributed by atoms with Gasteiger partial charge in [0, 0.05) is 22.3 Å². The summed E-state index contributed by atoms with van der Waals surface area (Å²) in [7, 11) is 0. The fourth-order valence-corrected chi connectivity index (χ4v) is 3.88. The maximum atomic E-state index is 12.8. The Bertz CT molecular complexity index is 1130. The van der Waals surface area contributed by atoms with Gasteiger partial charge in [-0.15, -0.1) is 0 Å². The summed E-state index contributed by atoms with van der Waals surface area (Å²) in [5, 5.41) is 3.75. The van der Waals surface area contributed by atoms with Gasteiger partial charge in [0.25, 0.3) is 0 Å². The lowest BCUT2D eigenvalue weighted by atomic mass is 10.0. The highest BCUT2D eigenvalue weighted by molar-refractivity contribution is 7.99. The van der Waals surface area contributed by atoms with Gasteiger partial charge < -0.3 is 14.3 Å². The van der Waals surface area contributed by atoms with Crippen molar-refractivity contribution in [2.45, 2.75) is 56.7 Å². The van der Waals surface area contributed by atoms with Crippen LogP contribution in [-0.2, 0) is 28.7 Å². The first-order valence-electron chi connectivity index (χ1n) is 12.0. The molecule has 0 atom stereocenters. The topological polar surface area (TPSA) is 108 Å². The first kappa shape index (κ1) is 29.5. The maximum absolute atomic E-state index is 12.8. The third-order valence-electron chi connectivity index (χ3n) is 4.85. The lowest BCUT2D eigenvalue weighted by Crippen LogP contribution is -2.18. The second-order valence-electron chi connectivity index (χ2n) is 7.75. The highest BCUT2D eigenvalue weighted by Crippen LogP contribution is 2.28. The predicted molar refractivity (Wildman–Crippen MR) is 141 cm³/mol. The van der Waals surface area contributed by atoms with E-state index in [1.54, 1.807) is 38.1 Å². The van der Waals surface area contributed by atoms with E-state index in [0.29, 0.717) is 17.5 Å². The number of carbonyl (C=O) groups is 4. The SMILES string of the molecule is CCCCC(=NOC(C)=O)C(=O)c1ccc(Sc2ccc(C=C(C(=O)OCC)C(=O)OCC)cc2)cc1. The number of rotatable bonds is 13. The molecular weight excluding hydrogens is 494 g/mol. The van der Waals surface area contributed by atoms with Gasteiger partial charge in [0.15, 0.2) is 0 Å². The largest absolute Gasteiger partial charge is 0.462 e. The third kappa shape index (κ3) is 9.69. The predicted octanol–water partition coefficient (Wildman–Crippen LogP) is 5.64. The fourth-order valence-electron chi connectivity index (χ4n) is 3.06. The number of hydrogen-bond acceptors (Lipinski definition) is 9. The minimum atomic E-state index is -0.732. The van der Waals surface area contributed by atoms with Crippen LogP contribution < -0.4 is 0 Å². The number of hydrogen-bond donors (Lipinski definition) is 0. The standard InChI is InChI=1S/C28H31NO7S/c1-5-8-9-25(29-36-19(4)30)26(31)21-12-16-23(17-13-21)37-22-14-10-20(11-15-22)18-24(27(32)34-6-2)28(33)35-7-3/h10-18H,5-9H2,1-4H3. The van der Waals surface area contributed by atoms with Crippen LogP contribution in [0.5, 0.6) is 0 Å². The molecule has 2 rings (SSSR count). The molecule has 2 aromatic rings. The summed E-state index contributed by atoms with van der Waals surface area (Å²) in [6.07, 6.45) is 3.50. The zero-order chi connectivity index (χ0) is 27.2. The molecule has 0 saturated heterocycles. The Morgan fingerprint density at radius 2 is 1.38 bits per heavy atom. The Hall–Kier alpha value is -3.72. The van der Waals surface area contributed by atoms with Gasteiger partial charge in [0.1, 0.15) is 11.3 Å². The number of carbonyl (C=O) groups excluding carboxylic acids is 4. The van der Waals surface area contributed by atoms with Crippen molar-refractivity contribution >= 4 is 47.2 Å².